The van der Waals surface area contributed by atoms with Crippen LogP contribution in [0.4, 0.5) is 11.5 Å². The molecule has 3 atom stereocenters. The van der Waals surface area contributed by atoms with E-state index in [9.17, 15) is 15.2 Å². The zero-order valence-electron chi connectivity index (χ0n) is 18.9. The average Bonchev–Trinajstić information content (AvgIpc) is 3.28. The number of rotatable bonds is 6. The van der Waals surface area contributed by atoms with Crippen LogP contribution in [0, 0.1) is 30.1 Å². The van der Waals surface area contributed by atoms with Gasteiger partial charge in [0.15, 0.2) is 17.2 Å². The van der Waals surface area contributed by atoms with Gasteiger partial charge in [-0.15, -0.1) is 0 Å². The largest absolute Gasteiger partial charge is 0.476 e. The molecule has 1 saturated carbocycles. The number of aromatic carboxylic acids is 1. The monoisotopic (exact) mass is 478 g/mol. The highest BCUT2D eigenvalue weighted by atomic mass is 35.5. The van der Waals surface area contributed by atoms with E-state index in [0.717, 1.165) is 24.2 Å². The Balaban J connectivity index is 1.54. The first kappa shape index (κ1) is 22.3. The number of methoxy groups -OCH3 is 1. The molecule has 0 spiro atoms. The van der Waals surface area contributed by atoms with Gasteiger partial charge in [-0.3, -0.25) is 0 Å². The second-order valence-electron chi connectivity index (χ2n) is 8.86. The predicted molar refractivity (Wildman–Crippen MR) is 127 cm³/mol. The van der Waals surface area contributed by atoms with Crippen LogP contribution in [-0.2, 0) is 4.74 Å². The molecule has 1 aliphatic heterocycles. The van der Waals surface area contributed by atoms with Crippen LogP contribution in [-0.4, -0.2) is 52.3 Å². The summed E-state index contributed by atoms with van der Waals surface area (Å²) in [7, 11) is 1.73. The number of hydrogen-bond acceptors (Lipinski definition) is 8. The number of carboxylic acid groups (broad SMARTS) is 1. The topological polar surface area (TPSA) is 124 Å². The summed E-state index contributed by atoms with van der Waals surface area (Å²) in [5.74, 6) is 0.320. The average molecular weight is 479 g/mol. The van der Waals surface area contributed by atoms with Gasteiger partial charge in [0.2, 0.25) is 0 Å². The van der Waals surface area contributed by atoms with E-state index in [1.165, 1.54) is 0 Å². The number of nitrogens with one attached hydrogen (secondary N) is 1. The molecule has 2 aromatic heterocycles. The molecule has 0 radical (unpaired) electrons. The Kier molecular flexibility index (Phi) is 5.50. The minimum atomic E-state index is -1.17. The number of ether oxygens (including phenoxy) is 1. The molecule has 1 saturated heterocycles. The van der Waals surface area contributed by atoms with E-state index in [4.69, 9.17) is 21.3 Å². The molecule has 1 aromatic carbocycles. The fraction of sp³-hybridized carbons (Fsp3) is 0.375. The Labute approximate surface area is 201 Å². The van der Waals surface area contributed by atoms with Crippen molar-refractivity contribution in [1.82, 2.24) is 15.0 Å². The van der Waals surface area contributed by atoms with Gasteiger partial charge in [-0.25, -0.2) is 19.7 Å². The molecule has 5 rings (SSSR count). The SMILES string of the molecule is COC1C2CN(c3nc4c([C@@H](C)Nc5ccc(Cl)nc5C(=O)O)cc(C)cc4nc3C#N)CC21. The highest BCUT2D eigenvalue weighted by Gasteiger charge is 2.57. The standard InChI is InChI=1S/C24H23ClN6O3/c1-11-6-13(12(2)27-16-4-5-19(25)29-21(16)24(32)33)20-17(7-11)28-18(8-26)23(30-20)31-9-14-15(10-31)22(14)34-3/h4-7,12,14-15,22,27H,9-10H2,1-3H3,(H,32,33)/t12-,14?,15?,22?/m1/s1. The van der Waals surface area contributed by atoms with Crippen LogP contribution in [0.1, 0.15) is 40.3 Å². The summed E-state index contributed by atoms with van der Waals surface area (Å²) in [4.78, 5) is 27.3. The molecular formula is C24H23ClN6O3. The van der Waals surface area contributed by atoms with E-state index in [2.05, 4.69) is 26.3 Å². The van der Waals surface area contributed by atoms with Crippen molar-refractivity contribution in [3.8, 4) is 6.07 Å². The third kappa shape index (κ3) is 3.79. The summed E-state index contributed by atoms with van der Waals surface area (Å²) in [6, 6.07) is 8.93. The van der Waals surface area contributed by atoms with Crippen LogP contribution in [0.25, 0.3) is 11.0 Å². The summed E-state index contributed by atoms with van der Waals surface area (Å²) in [6.07, 6.45) is 0.286. The summed E-state index contributed by atoms with van der Waals surface area (Å²) >= 11 is 5.89. The molecule has 2 unspecified atom stereocenters. The lowest BCUT2D eigenvalue weighted by Gasteiger charge is -2.23. The lowest BCUT2D eigenvalue weighted by molar-refractivity contribution is 0.0691. The molecule has 0 amide bonds. The van der Waals surface area contributed by atoms with E-state index in [1.807, 2.05) is 26.0 Å². The predicted octanol–water partition coefficient (Wildman–Crippen LogP) is 3.81. The second-order valence-corrected chi connectivity index (χ2v) is 9.25. The van der Waals surface area contributed by atoms with Crippen LogP contribution in [0.3, 0.4) is 0 Å². The maximum Gasteiger partial charge on any atom is 0.356 e. The van der Waals surface area contributed by atoms with Gasteiger partial charge >= 0.3 is 5.97 Å². The number of anilines is 2. The molecule has 2 aliphatic rings. The van der Waals surface area contributed by atoms with Crippen LogP contribution >= 0.6 is 11.6 Å². The van der Waals surface area contributed by atoms with Crippen molar-refractivity contribution >= 4 is 40.1 Å². The number of carboxylic acids is 1. The van der Waals surface area contributed by atoms with Crippen LogP contribution < -0.4 is 10.2 Å². The number of aryl methyl sites for hydroxylation is 1. The van der Waals surface area contributed by atoms with Crippen molar-refractivity contribution in [2.75, 3.05) is 30.4 Å². The van der Waals surface area contributed by atoms with Gasteiger partial charge < -0.3 is 20.1 Å². The third-order valence-corrected chi connectivity index (χ3v) is 6.83. The molecule has 2 N–H and O–H groups in total. The number of benzene rings is 1. The Morgan fingerprint density at radius 1 is 1.29 bits per heavy atom. The molecule has 2 fully saturated rings. The molecule has 3 heterocycles. The van der Waals surface area contributed by atoms with Crippen molar-refractivity contribution in [3.63, 3.8) is 0 Å². The molecule has 34 heavy (non-hydrogen) atoms. The maximum absolute atomic E-state index is 11.7. The van der Waals surface area contributed by atoms with Gasteiger partial charge in [0, 0.05) is 37.6 Å². The Morgan fingerprint density at radius 3 is 2.68 bits per heavy atom. The number of halogens is 1. The minimum Gasteiger partial charge on any atom is -0.476 e. The minimum absolute atomic E-state index is 0.107. The first-order valence-corrected chi connectivity index (χ1v) is 11.3. The van der Waals surface area contributed by atoms with E-state index in [0.29, 0.717) is 40.1 Å². The number of carbonyl (C=O) groups is 1. The van der Waals surface area contributed by atoms with Crippen molar-refractivity contribution in [2.45, 2.75) is 26.0 Å². The van der Waals surface area contributed by atoms with Crippen molar-refractivity contribution < 1.29 is 14.6 Å². The quantitative estimate of drug-likeness (QED) is 0.508. The van der Waals surface area contributed by atoms with E-state index in [1.54, 1.807) is 19.2 Å². The Morgan fingerprint density at radius 2 is 2.03 bits per heavy atom. The number of nitriles is 1. The Hall–Kier alpha value is -3.48. The summed E-state index contributed by atoms with van der Waals surface area (Å²) in [6.45, 7) is 5.43. The molecule has 0 bridgehead atoms. The van der Waals surface area contributed by atoms with Gasteiger partial charge in [0.1, 0.15) is 11.2 Å². The smallest absolute Gasteiger partial charge is 0.356 e. The normalized spacial score (nSPS) is 21.7. The Bertz CT molecular complexity index is 1340. The van der Waals surface area contributed by atoms with Crippen LogP contribution in [0.5, 0.6) is 0 Å². The number of pyridine rings is 1. The van der Waals surface area contributed by atoms with Gasteiger partial charge in [-0.1, -0.05) is 17.7 Å². The first-order chi connectivity index (χ1) is 16.3. The number of aromatic nitrogens is 3. The second kappa shape index (κ2) is 8.38. The van der Waals surface area contributed by atoms with E-state index >= 15 is 0 Å². The maximum atomic E-state index is 11.7. The molecule has 3 aromatic rings. The molecule has 174 valence electrons. The van der Waals surface area contributed by atoms with Crippen molar-refractivity contribution in [2.24, 2.45) is 11.8 Å². The fourth-order valence-corrected chi connectivity index (χ4v) is 5.12. The third-order valence-electron chi connectivity index (χ3n) is 6.62. The van der Waals surface area contributed by atoms with Crippen molar-refractivity contribution in [1.29, 1.82) is 5.26 Å². The van der Waals surface area contributed by atoms with E-state index < -0.39 is 5.97 Å². The number of hydrogen-bond donors (Lipinski definition) is 2. The van der Waals surface area contributed by atoms with Gasteiger partial charge in [0.25, 0.3) is 0 Å². The van der Waals surface area contributed by atoms with Crippen LogP contribution in [0.2, 0.25) is 5.15 Å². The molecule has 1 aliphatic carbocycles. The molecular weight excluding hydrogens is 456 g/mol. The zero-order valence-corrected chi connectivity index (χ0v) is 19.7. The molecule has 10 heteroatoms. The zero-order chi connectivity index (χ0) is 24.1. The highest BCUT2D eigenvalue weighted by molar-refractivity contribution is 6.29. The van der Waals surface area contributed by atoms with Gasteiger partial charge in [0.05, 0.1) is 28.9 Å². The number of fused-ring (bicyclic) bond motifs is 2. The summed E-state index contributed by atoms with van der Waals surface area (Å²) in [5.41, 5.74) is 3.59. The van der Waals surface area contributed by atoms with Crippen molar-refractivity contribution in [3.05, 3.63) is 51.9 Å². The molecule has 9 nitrogen and oxygen atoms in total. The summed E-state index contributed by atoms with van der Waals surface area (Å²) < 4.78 is 5.50. The van der Waals surface area contributed by atoms with E-state index in [-0.39, 0.29) is 23.0 Å². The lowest BCUT2D eigenvalue weighted by Crippen LogP contribution is -2.28. The van der Waals surface area contributed by atoms with Gasteiger partial charge in [-0.2, -0.15) is 5.26 Å². The first-order valence-electron chi connectivity index (χ1n) is 11.0. The van der Waals surface area contributed by atoms with Gasteiger partial charge in [-0.05, 0) is 37.6 Å². The lowest BCUT2D eigenvalue weighted by atomic mass is 10.0. The number of nitrogens with zero attached hydrogens (tertiary/aromatic N) is 5. The van der Waals surface area contributed by atoms with Crippen LogP contribution in [0.15, 0.2) is 24.3 Å². The number of piperidine rings is 1. The summed E-state index contributed by atoms with van der Waals surface area (Å²) in [5, 5.41) is 22.7. The fourth-order valence-electron chi connectivity index (χ4n) is 4.97. The highest BCUT2D eigenvalue weighted by Crippen LogP contribution is 2.48.